The monoisotopic (exact) mass is 508 g/mol. The molecule has 0 aliphatic heterocycles. The number of anilines is 1. The molecular formula is C23H22Cl2N2O5S. The molecule has 3 aromatic carbocycles. The van der Waals surface area contributed by atoms with E-state index in [9.17, 15) is 13.2 Å². The molecule has 0 aliphatic rings. The number of rotatable bonds is 9. The summed E-state index contributed by atoms with van der Waals surface area (Å²) in [6, 6.07) is 16.6. The van der Waals surface area contributed by atoms with Gasteiger partial charge in [-0.2, -0.15) is 0 Å². The van der Waals surface area contributed by atoms with Crippen LogP contribution in [0.1, 0.15) is 11.1 Å². The zero-order chi connectivity index (χ0) is 24.0. The van der Waals surface area contributed by atoms with E-state index in [0.717, 1.165) is 11.1 Å². The number of sulfonamides is 1. The number of nitrogens with one attached hydrogen (secondary N) is 2. The van der Waals surface area contributed by atoms with Crippen LogP contribution in [0.25, 0.3) is 0 Å². The lowest BCUT2D eigenvalue weighted by molar-refractivity contribution is -0.115. The Morgan fingerprint density at radius 2 is 1.64 bits per heavy atom. The molecule has 0 saturated carbocycles. The van der Waals surface area contributed by atoms with Crippen LogP contribution in [0.2, 0.25) is 10.0 Å². The standard InChI is InChI=1S/C23H22Cl2N2O5S/c1-31-21-9-7-19(13-22(21)32-2)33(29,30)26-14-23(28)27-20-8-6-18(25)12-16(20)10-15-4-3-5-17(24)11-15/h3-9,11-13,26H,10,14H2,1-2H3,(H,27,28). The van der Waals surface area contributed by atoms with Crippen molar-refractivity contribution in [1.82, 2.24) is 4.72 Å². The predicted molar refractivity (Wildman–Crippen MR) is 129 cm³/mol. The van der Waals surface area contributed by atoms with Gasteiger partial charge in [0.25, 0.3) is 0 Å². The van der Waals surface area contributed by atoms with E-state index in [1.165, 1.54) is 32.4 Å². The van der Waals surface area contributed by atoms with Gasteiger partial charge < -0.3 is 14.8 Å². The van der Waals surface area contributed by atoms with E-state index < -0.39 is 22.5 Å². The number of ether oxygens (including phenoxy) is 2. The van der Waals surface area contributed by atoms with Crippen LogP contribution in [0.3, 0.4) is 0 Å². The van der Waals surface area contributed by atoms with Crippen molar-refractivity contribution < 1.29 is 22.7 Å². The summed E-state index contributed by atoms with van der Waals surface area (Å²) in [4.78, 5) is 12.5. The van der Waals surface area contributed by atoms with Crippen LogP contribution in [0.5, 0.6) is 11.5 Å². The number of carbonyl (C=O) groups excluding carboxylic acids is 1. The second-order valence-electron chi connectivity index (χ2n) is 7.00. The first kappa shape index (κ1) is 24.9. The Hall–Kier alpha value is -2.78. The molecule has 0 aromatic heterocycles. The molecule has 0 aliphatic carbocycles. The molecule has 10 heteroatoms. The topological polar surface area (TPSA) is 93.7 Å². The summed E-state index contributed by atoms with van der Waals surface area (Å²) < 4.78 is 37.8. The van der Waals surface area contributed by atoms with Gasteiger partial charge in [0.05, 0.1) is 25.7 Å². The SMILES string of the molecule is COc1ccc(S(=O)(=O)NCC(=O)Nc2ccc(Cl)cc2Cc2cccc(Cl)c2)cc1OC. The van der Waals surface area contributed by atoms with E-state index >= 15 is 0 Å². The van der Waals surface area contributed by atoms with E-state index in [-0.39, 0.29) is 10.6 Å². The normalized spacial score (nSPS) is 11.2. The molecular weight excluding hydrogens is 487 g/mol. The summed E-state index contributed by atoms with van der Waals surface area (Å²) in [5.41, 5.74) is 2.23. The van der Waals surface area contributed by atoms with Crippen molar-refractivity contribution in [3.05, 3.63) is 81.8 Å². The van der Waals surface area contributed by atoms with Gasteiger partial charge in [0.2, 0.25) is 15.9 Å². The maximum Gasteiger partial charge on any atom is 0.241 e. The summed E-state index contributed by atoms with van der Waals surface area (Å²) in [6.07, 6.45) is 0.480. The van der Waals surface area contributed by atoms with Crippen molar-refractivity contribution in [3.63, 3.8) is 0 Å². The van der Waals surface area contributed by atoms with Crippen molar-refractivity contribution in [3.8, 4) is 11.5 Å². The van der Waals surface area contributed by atoms with Crippen LogP contribution in [-0.4, -0.2) is 35.1 Å². The highest BCUT2D eigenvalue weighted by Crippen LogP contribution is 2.29. The van der Waals surface area contributed by atoms with E-state index in [1.807, 2.05) is 18.2 Å². The van der Waals surface area contributed by atoms with Crippen molar-refractivity contribution in [2.24, 2.45) is 0 Å². The first-order chi connectivity index (χ1) is 15.7. The smallest absolute Gasteiger partial charge is 0.241 e. The van der Waals surface area contributed by atoms with Gasteiger partial charge >= 0.3 is 0 Å². The summed E-state index contributed by atoms with van der Waals surface area (Å²) in [6.45, 7) is -0.462. The zero-order valence-electron chi connectivity index (χ0n) is 17.9. The van der Waals surface area contributed by atoms with E-state index in [2.05, 4.69) is 10.0 Å². The van der Waals surface area contributed by atoms with Gasteiger partial charge in [0.1, 0.15) is 0 Å². The summed E-state index contributed by atoms with van der Waals surface area (Å²) in [5.74, 6) is 0.120. The summed E-state index contributed by atoms with van der Waals surface area (Å²) in [7, 11) is -1.10. The van der Waals surface area contributed by atoms with Crippen molar-refractivity contribution in [2.75, 3.05) is 26.1 Å². The third-order valence-electron chi connectivity index (χ3n) is 4.71. The molecule has 0 fully saturated rings. The summed E-state index contributed by atoms with van der Waals surface area (Å²) >= 11 is 12.2. The largest absolute Gasteiger partial charge is 0.493 e. The first-order valence-corrected chi connectivity index (χ1v) is 12.0. The maximum atomic E-state index is 12.6. The van der Waals surface area contributed by atoms with Gasteiger partial charge in [-0.3, -0.25) is 4.79 Å². The number of hydrogen-bond acceptors (Lipinski definition) is 5. The van der Waals surface area contributed by atoms with Gasteiger partial charge in [0, 0.05) is 21.8 Å². The molecule has 1 amide bonds. The lowest BCUT2D eigenvalue weighted by Crippen LogP contribution is -2.33. The second kappa shape index (κ2) is 10.9. The predicted octanol–water partition coefficient (Wildman–Crippen LogP) is 4.52. The second-order valence-corrected chi connectivity index (χ2v) is 9.64. The quantitative estimate of drug-likeness (QED) is 0.443. The van der Waals surface area contributed by atoms with Crippen LogP contribution in [-0.2, 0) is 21.2 Å². The van der Waals surface area contributed by atoms with Gasteiger partial charge in [-0.05, 0) is 60.0 Å². The highest BCUT2D eigenvalue weighted by molar-refractivity contribution is 7.89. The van der Waals surface area contributed by atoms with Crippen LogP contribution in [0.15, 0.2) is 65.6 Å². The highest BCUT2D eigenvalue weighted by Gasteiger charge is 2.19. The van der Waals surface area contributed by atoms with Crippen LogP contribution >= 0.6 is 23.2 Å². The van der Waals surface area contributed by atoms with Crippen LogP contribution in [0, 0.1) is 0 Å². The Labute approximate surface area is 202 Å². The Bertz CT molecular complexity index is 1270. The van der Waals surface area contributed by atoms with Gasteiger partial charge in [-0.15, -0.1) is 0 Å². The van der Waals surface area contributed by atoms with E-state index in [1.54, 1.807) is 24.3 Å². The van der Waals surface area contributed by atoms with Gasteiger partial charge in [0.15, 0.2) is 11.5 Å². The Morgan fingerprint density at radius 1 is 0.909 bits per heavy atom. The fourth-order valence-electron chi connectivity index (χ4n) is 3.12. The third kappa shape index (κ3) is 6.61. The number of carbonyl (C=O) groups is 1. The average Bonchev–Trinajstić information content (AvgIpc) is 2.79. The fraction of sp³-hybridized carbons (Fsp3) is 0.174. The minimum atomic E-state index is -3.96. The van der Waals surface area contributed by atoms with Crippen molar-refractivity contribution >= 4 is 44.8 Å². The molecule has 0 spiro atoms. The molecule has 2 N–H and O–H groups in total. The molecule has 3 rings (SSSR count). The molecule has 33 heavy (non-hydrogen) atoms. The number of benzene rings is 3. The van der Waals surface area contributed by atoms with Crippen LogP contribution in [0.4, 0.5) is 5.69 Å². The average molecular weight is 509 g/mol. The minimum absolute atomic E-state index is 0.0545. The fourth-order valence-corrected chi connectivity index (χ4v) is 4.52. The molecule has 0 unspecified atom stereocenters. The molecule has 0 heterocycles. The minimum Gasteiger partial charge on any atom is -0.493 e. The molecule has 7 nitrogen and oxygen atoms in total. The molecule has 0 bridgehead atoms. The van der Waals surface area contributed by atoms with Crippen molar-refractivity contribution in [2.45, 2.75) is 11.3 Å². The van der Waals surface area contributed by atoms with Gasteiger partial charge in [-0.25, -0.2) is 13.1 Å². The Balaban J connectivity index is 1.71. The van der Waals surface area contributed by atoms with Gasteiger partial charge in [-0.1, -0.05) is 35.3 Å². The van der Waals surface area contributed by atoms with E-state index in [0.29, 0.717) is 27.9 Å². The number of hydrogen-bond donors (Lipinski definition) is 2. The lowest BCUT2D eigenvalue weighted by Gasteiger charge is -2.13. The zero-order valence-corrected chi connectivity index (χ0v) is 20.2. The molecule has 0 saturated heterocycles. The van der Waals surface area contributed by atoms with Crippen LogP contribution < -0.4 is 19.5 Å². The Morgan fingerprint density at radius 3 is 2.33 bits per heavy atom. The third-order valence-corrected chi connectivity index (χ3v) is 6.58. The number of amides is 1. The molecule has 174 valence electrons. The highest BCUT2D eigenvalue weighted by atomic mass is 35.5. The Kier molecular flexibility index (Phi) is 8.20. The summed E-state index contributed by atoms with van der Waals surface area (Å²) in [5, 5.41) is 3.85. The maximum absolute atomic E-state index is 12.6. The molecule has 0 atom stereocenters. The van der Waals surface area contributed by atoms with Crippen molar-refractivity contribution in [1.29, 1.82) is 0 Å². The number of methoxy groups -OCH3 is 2. The molecule has 3 aromatic rings. The first-order valence-electron chi connectivity index (χ1n) is 9.76. The van der Waals surface area contributed by atoms with E-state index in [4.69, 9.17) is 32.7 Å². The number of halogens is 2. The lowest BCUT2D eigenvalue weighted by atomic mass is 10.0. The molecule has 0 radical (unpaired) electrons.